The molecule has 1 aromatic carbocycles. The molecule has 5 nitrogen and oxygen atoms in total. The monoisotopic (exact) mass is 264 g/mol. The van der Waals surface area contributed by atoms with Crippen molar-refractivity contribution in [1.29, 1.82) is 0 Å². The minimum absolute atomic E-state index is 0.161. The van der Waals surface area contributed by atoms with Crippen molar-refractivity contribution < 1.29 is 14.7 Å². The molecule has 19 heavy (non-hydrogen) atoms. The Bertz CT molecular complexity index is 458. The van der Waals surface area contributed by atoms with Crippen LogP contribution in [0.15, 0.2) is 24.3 Å². The molecule has 2 N–H and O–H groups in total. The number of carbonyl (C=O) groups excluding carboxylic acids is 2. The van der Waals surface area contributed by atoms with Crippen molar-refractivity contribution in [1.82, 2.24) is 10.2 Å². The summed E-state index contributed by atoms with van der Waals surface area (Å²) < 4.78 is 0. The van der Waals surface area contributed by atoms with Crippen LogP contribution in [0.25, 0.3) is 0 Å². The van der Waals surface area contributed by atoms with Gasteiger partial charge in [0.1, 0.15) is 0 Å². The van der Waals surface area contributed by atoms with Crippen molar-refractivity contribution in [2.45, 2.75) is 19.4 Å². The molecule has 2 amide bonds. The third kappa shape index (κ3) is 4.37. The van der Waals surface area contributed by atoms with Gasteiger partial charge in [-0.05, 0) is 31.5 Å². The van der Waals surface area contributed by atoms with Gasteiger partial charge in [0, 0.05) is 31.8 Å². The van der Waals surface area contributed by atoms with E-state index in [1.54, 1.807) is 45.3 Å². The summed E-state index contributed by atoms with van der Waals surface area (Å²) in [7, 11) is 3.23. The van der Waals surface area contributed by atoms with Crippen molar-refractivity contribution in [3.05, 3.63) is 35.4 Å². The lowest BCUT2D eigenvalue weighted by atomic mass is 10.1. The lowest BCUT2D eigenvalue weighted by Crippen LogP contribution is -2.29. The van der Waals surface area contributed by atoms with Crippen LogP contribution < -0.4 is 5.32 Å². The zero-order chi connectivity index (χ0) is 14.4. The predicted molar refractivity (Wildman–Crippen MR) is 73.1 cm³/mol. The Hall–Kier alpha value is -1.88. The number of aliphatic hydroxyl groups excluding tert-OH is 1. The first-order valence-electron chi connectivity index (χ1n) is 6.21. The summed E-state index contributed by atoms with van der Waals surface area (Å²) in [6.07, 6.45) is 0.0876. The van der Waals surface area contributed by atoms with E-state index in [0.29, 0.717) is 24.1 Å². The van der Waals surface area contributed by atoms with Gasteiger partial charge in [-0.1, -0.05) is 6.07 Å². The largest absolute Gasteiger partial charge is 0.393 e. The second kappa shape index (κ2) is 6.89. The summed E-state index contributed by atoms with van der Waals surface area (Å²) >= 11 is 0. The molecule has 0 fully saturated rings. The third-order valence-corrected chi connectivity index (χ3v) is 2.83. The molecule has 1 atom stereocenters. The van der Waals surface area contributed by atoms with Gasteiger partial charge in [0.15, 0.2) is 0 Å². The maximum atomic E-state index is 12.1. The van der Waals surface area contributed by atoms with Gasteiger partial charge in [-0.25, -0.2) is 0 Å². The zero-order valence-corrected chi connectivity index (χ0v) is 11.5. The summed E-state index contributed by atoms with van der Waals surface area (Å²) in [5.74, 6) is -0.382. The van der Waals surface area contributed by atoms with Crippen LogP contribution in [0.1, 0.15) is 34.1 Å². The molecule has 1 rings (SSSR count). The van der Waals surface area contributed by atoms with Gasteiger partial charge in [-0.3, -0.25) is 9.59 Å². The van der Waals surface area contributed by atoms with E-state index in [0.717, 1.165) is 0 Å². The maximum Gasteiger partial charge on any atom is 0.253 e. The van der Waals surface area contributed by atoms with Crippen LogP contribution in [0.3, 0.4) is 0 Å². The van der Waals surface area contributed by atoms with Crippen molar-refractivity contribution in [2.24, 2.45) is 0 Å². The summed E-state index contributed by atoms with van der Waals surface area (Å²) in [4.78, 5) is 25.2. The van der Waals surface area contributed by atoms with Crippen LogP contribution >= 0.6 is 0 Å². The highest BCUT2D eigenvalue weighted by atomic mass is 16.3. The Morgan fingerprint density at radius 1 is 1.37 bits per heavy atom. The third-order valence-electron chi connectivity index (χ3n) is 2.83. The number of nitrogens with one attached hydrogen (secondary N) is 1. The molecule has 0 aliphatic rings. The van der Waals surface area contributed by atoms with Crippen LogP contribution in [-0.4, -0.2) is 48.6 Å². The van der Waals surface area contributed by atoms with E-state index in [4.69, 9.17) is 0 Å². The van der Waals surface area contributed by atoms with Gasteiger partial charge < -0.3 is 15.3 Å². The maximum absolute atomic E-state index is 12.1. The zero-order valence-electron chi connectivity index (χ0n) is 11.5. The van der Waals surface area contributed by atoms with E-state index in [2.05, 4.69) is 5.32 Å². The first kappa shape index (κ1) is 15.2. The van der Waals surface area contributed by atoms with Gasteiger partial charge >= 0.3 is 0 Å². The highest BCUT2D eigenvalue weighted by Crippen LogP contribution is 2.08. The molecule has 0 aliphatic carbocycles. The smallest absolute Gasteiger partial charge is 0.253 e. The summed E-state index contributed by atoms with van der Waals surface area (Å²) in [6.45, 7) is 2.16. The van der Waals surface area contributed by atoms with Crippen LogP contribution in [0, 0.1) is 0 Å². The van der Waals surface area contributed by atoms with E-state index < -0.39 is 6.10 Å². The van der Waals surface area contributed by atoms with Crippen LogP contribution in [0.2, 0.25) is 0 Å². The van der Waals surface area contributed by atoms with Gasteiger partial charge in [0.25, 0.3) is 11.8 Å². The minimum Gasteiger partial charge on any atom is -0.393 e. The summed E-state index contributed by atoms with van der Waals surface area (Å²) in [5.41, 5.74) is 0.923. The number of amides is 2. The highest BCUT2D eigenvalue weighted by Gasteiger charge is 2.14. The lowest BCUT2D eigenvalue weighted by Gasteiger charge is -2.18. The van der Waals surface area contributed by atoms with Gasteiger partial charge in [0.05, 0.1) is 6.10 Å². The van der Waals surface area contributed by atoms with Gasteiger partial charge in [-0.2, -0.15) is 0 Å². The molecule has 0 saturated heterocycles. The van der Waals surface area contributed by atoms with E-state index in [1.807, 2.05) is 0 Å². The minimum atomic E-state index is -0.438. The molecule has 0 saturated carbocycles. The summed E-state index contributed by atoms with van der Waals surface area (Å²) in [6, 6.07) is 6.58. The van der Waals surface area contributed by atoms with Crippen molar-refractivity contribution in [3.8, 4) is 0 Å². The van der Waals surface area contributed by atoms with Crippen LogP contribution in [-0.2, 0) is 0 Å². The standard InChI is InChI=1S/C14H20N2O3/c1-10(17)7-8-16(3)14(19)12-6-4-5-11(9-12)13(18)15-2/h4-6,9-10,17H,7-8H2,1-3H3,(H,15,18). The Balaban J connectivity index is 2.79. The average Bonchev–Trinajstić information content (AvgIpc) is 2.43. The van der Waals surface area contributed by atoms with E-state index >= 15 is 0 Å². The Morgan fingerprint density at radius 3 is 2.58 bits per heavy atom. The first-order chi connectivity index (χ1) is 8.95. The SMILES string of the molecule is CNC(=O)c1cccc(C(=O)N(C)CCC(C)O)c1. The van der Waals surface area contributed by atoms with Crippen molar-refractivity contribution in [2.75, 3.05) is 20.6 Å². The first-order valence-corrected chi connectivity index (χ1v) is 6.21. The number of carbonyl (C=O) groups is 2. The molecular weight excluding hydrogens is 244 g/mol. The molecule has 104 valence electrons. The number of nitrogens with zero attached hydrogens (tertiary/aromatic N) is 1. The fraction of sp³-hybridized carbons (Fsp3) is 0.429. The molecular formula is C14H20N2O3. The fourth-order valence-electron chi connectivity index (χ4n) is 1.64. The van der Waals surface area contributed by atoms with E-state index in [9.17, 15) is 14.7 Å². The molecule has 0 heterocycles. The number of benzene rings is 1. The Labute approximate surface area is 113 Å². The molecule has 0 aromatic heterocycles. The number of hydrogen-bond acceptors (Lipinski definition) is 3. The molecule has 0 radical (unpaired) electrons. The average molecular weight is 264 g/mol. The Kier molecular flexibility index (Phi) is 5.51. The predicted octanol–water partition coefficient (Wildman–Crippen LogP) is 0.889. The second-order valence-electron chi connectivity index (χ2n) is 4.52. The number of hydrogen-bond donors (Lipinski definition) is 2. The molecule has 5 heteroatoms. The second-order valence-corrected chi connectivity index (χ2v) is 4.52. The molecule has 0 bridgehead atoms. The van der Waals surface area contributed by atoms with E-state index in [1.165, 1.54) is 4.90 Å². The van der Waals surface area contributed by atoms with Gasteiger partial charge in [0.2, 0.25) is 0 Å². The highest BCUT2D eigenvalue weighted by molar-refractivity contribution is 5.99. The molecule has 0 aliphatic heterocycles. The fourth-order valence-corrected chi connectivity index (χ4v) is 1.64. The normalized spacial score (nSPS) is 11.8. The summed E-state index contributed by atoms with van der Waals surface area (Å²) in [5, 5.41) is 11.7. The molecule has 0 spiro atoms. The molecule has 1 unspecified atom stereocenters. The lowest BCUT2D eigenvalue weighted by molar-refractivity contribution is 0.0769. The number of rotatable bonds is 5. The van der Waals surface area contributed by atoms with Gasteiger partial charge in [-0.15, -0.1) is 0 Å². The Morgan fingerprint density at radius 2 is 2.00 bits per heavy atom. The van der Waals surface area contributed by atoms with Crippen molar-refractivity contribution >= 4 is 11.8 Å². The van der Waals surface area contributed by atoms with E-state index in [-0.39, 0.29) is 11.8 Å². The quantitative estimate of drug-likeness (QED) is 0.829. The molecule has 1 aromatic rings. The van der Waals surface area contributed by atoms with Crippen molar-refractivity contribution in [3.63, 3.8) is 0 Å². The van der Waals surface area contributed by atoms with Crippen LogP contribution in [0.4, 0.5) is 0 Å². The topological polar surface area (TPSA) is 69.6 Å². The van der Waals surface area contributed by atoms with Crippen LogP contribution in [0.5, 0.6) is 0 Å². The number of aliphatic hydroxyl groups is 1.